The van der Waals surface area contributed by atoms with E-state index in [1.165, 1.54) is 31.7 Å². The van der Waals surface area contributed by atoms with E-state index in [1.54, 1.807) is 18.2 Å². The van der Waals surface area contributed by atoms with Crippen LogP contribution in [-0.2, 0) is 0 Å². The summed E-state index contributed by atoms with van der Waals surface area (Å²) in [6, 6.07) is 6.27. The van der Waals surface area contributed by atoms with Gasteiger partial charge in [-0.1, -0.05) is 31.9 Å². The second kappa shape index (κ2) is 6.80. The molecule has 0 amide bonds. The van der Waals surface area contributed by atoms with Crippen molar-refractivity contribution in [3.8, 4) is 0 Å². The lowest BCUT2D eigenvalue weighted by Crippen LogP contribution is -2.33. The van der Waals surface area contributed by atoms with E-state index in [2.05, 4.69) is 4.90 Å². The van der Waals surface area contributed by atoms with E-state index in [9.17, 15) is 9.18 Å². The van der Waals surface area contributed by atoms with Crippen molar-refractivity contribution in [3.05, 3.63) is 35.6 Å². The van der Waals surface area contributed by atoms with Crippen molar-refractivity contribution in [1.29, 1.82) is 0 Å². The lowest BCUT2D eigenvalue weighted by atomic mass is 9.98. The van der Waals surface area contributed by atoms with Crippen LogP contribution in [0.25, 0.3) is 0 Å². The Morgan fingerprint density at radius 2 is 1.84 bits per heavy atom. The molecule has 1 atom stereocenters. The van der Waals surface area contributed by atoms with Crippen LogP contribution in [0.2, 0.25) is 0 Å². The number of hydrogen-bond acceptors (Lipinski definition) is 2. The zero-order valence-electron chi connectivity index (χ0n) is 11.6. The largest absolute Gasteiger partial charge is 0.303 e. The highest BCUT2D eigenvalue weighted by Crippen LogP contribution is 2.16. The Balaban J connectivity index is 1.97. The molecule has 1 aliphatic heterocycles. The van der Waals surface area contributed by atoms with E-state index < -0.39 is 5.82 Å². The molecule has 1 saturated heterocycles. The highest BCUT2D eigenvalue weighted by atomic mass is 19.1. The van der Waals surface area contributed by atoms with Gasteiger partial charge in [-0.3, -0.25) is 4.79 Å². The van der Waals surface area contributed by atoms with Gasteiger partial charge in [0.05, 0.1) is 5.56 Å². The monoisotopic (exact) mass is 263 g/mol. The van der Waals surface area contributed by atoms with Crippen molar-refractivity contribution < 1.29 is 9.18 Å². The highest BCUT2D eigenvalue weighted by molar-refractivity contribution is 5.98. The smallest absolute Gasteiger partial charge is 0.169 e. The summed E-state index contributed by atoms with van der Waals surface area (Å²) in [6.07, 6.45) is 4.99. The molecule has 1 fully saturated rings. The third-order valence-corrected chi connectivity index (χ3v) is 3.82. The summed E-state index contributed by atoms with van der Waals surface area (Å²) in [6.45, 7) is 4.77. The Kier molecular flexibility index (Phi) is 5.08. The zero-order chi connectivity index (χ0) is 13.7. The molecule has 0 spiro atoms. The molecule has 0 saturated carbocycles. The van der Waals surface area contributed by atoms with Gasteiger partial charge < -0.3 is 4.90 Å². The number of likely N-dealkylation sites (tertiary alicyclic amines) is 1. The van der Waals surface area contributed by atoms with Crippen molar-refractivity contribution in [2.24, 2.45) is 5.92 Å². The van der Waals surface area contributed by atoms with Crippen LogP contribution < -0.4 is 0 Å². The Bertz CT molecular complexity index is 425. The van der Waals surface area contributed by atoms with E-state index >= 15 is 0 Å². The highest BCUT2D eigenvalue weighted by Gasteiger charge is 2.21. The molecular weight excluding hydrogens is 241 g/mol. The van der Waals surface area contributed by atoms with Gasteiger partial charge in [0.15, 0.2) is 5.78 Å². The van der Waals surface area contributed by atoms with E-state index in [0.29, 0.717) is 0 Å². The molecule has 1 aromatic carbocycles. The van der Waals surface area contributed by atoms with Crippen LogP contribution in [0.1, 0.15) is 43.0 Å². The molecule has 0 bridgehead atoms. The molecule has 19 heavy (non-hydrogen) atoms. The van der Waals surface area contributed by atoms with Crippen molar-refractivity contribution in [1.82, 2.24) is 4.90 Å². The van der Waals surface area contributed by atoms with Gasteiger partial charge >= 0.3 is 0 Å². The number of nitrogens with zero attached hydrogens (tertiary/aromatic N) is 1. The first-order valence-electron chi connectivity index (χ1n) is 7.19. The fraction of sp³-hybridized carbons (Fsp3) is 0.562. The summed E-state index contributed by atoms with van der Waals surface area (Å²) in [5, 5.41) is 0. The molecule has 1 heterocycles. The maximum absolute atomic E-state index is 13.6. The molecule has 1 unspecified atom stereocenters. The molecule has 1 aromatic rings. The molecule has 3 heteroatoms. The van der Waals surface area contributed by atoms with Crippen LogP contribution in [0.15, 0.2) is 24.3 Å². The quantitative estimate of drug-likeness (QED) is 0.775. The number of halogens is 1. The number of ketones is 1. The van der Waals surface area contributed by atoms with Crippen molar-refractivity contribution >= 4 is 5.78 Å². The fourth-order valence-electron chi connectivity index (χ4n) is 2.72. The molecule has 1 aliphatic rings. The normalized spacial score (nSPS) is 18.8. The SMILES string of the molecule is CC(CN1CCCCCC1)C(=O)c1ccccc1F. The minimum Gasteiger partial charge on any atom is -0.303 e. The van der Waals surface area contributed by atoms with E-state index in [0.717, 1.165) is 19.6 Å². The number of Topliss-reactive ketones (excluding diaryl/α,β-unsaturated/α-hetero) is 1. The number of carbonyl (C=O) groups is 1. The van der Waals surface area contributed by atoms with Crippen LogP contribution in [-0.4, -0.2) is 30.3 Å². The summed E-state index contributed by atoms with van der Waals surface area (Å²) < 4.78 is 13.6. The average Bonchev–Trinajstić information content (AvgIpc) is 2.67. The van der Waals surface area contributed by atoms with Gasteiger partial charge in [0.1, 0.15) is 5.82 Å². The van der Waals surface area contributed by atoms with Crippen LogP contribution >= 0.6 is 0 Å². The summed E-state index contributed by atoms with van der Waals surface area (Å²) in [4.78, 5) is 14.6. The fourth-order valence-corrected chi connectivity index (χ4v) is 2.72. The molecule has 2 rings (SSSR count). The summed E-state index contributed by atoms with van der Waals surface area (Å²) >= 11 is 0. The van der Waals surface area contributed by atoms with E-state index in [-0.39, 0.29) is 17.3 Å². The van der Waals surface area contributed by atoms with Gasteiger partial charge in [-0.05, 0) is 38.1 Å². The van der Waals surface area contributed by atoms with Crippen LogP contribution in [0.4, 0.5) is 4.39 Å². The van der Waals surface area contributed by atoms with Crippen LogP contribution in [0.3, 0.4) is 0 Å². The number of carbonyl (C=O) groups excluding carboxylic acids is 1. The van der Waals surface area contributed by atoms with Gasteiger partial charge in [-0.15, -0.1) is 0 Å². The predicted molar refractivity (Wildman–Crippen MR) is 74.8 cm³/mol. The minimum absolute atomic E-state index is 0.0812. The maximum atomic E-state index is 13.6. The summed E-state index contributed by atoms with van der Waals surface area (Å²) in [5.74, 6) is -0.632. The minimum atomic E-state index is -0.407. The second-order valence-electron chi connectivity index (χ2n) is 5.46. The van der Waals surface area contributed by atoms with Gasteiger partial charge in [-0.2, -0.15) is 0 Å². The summed E-state index contributed by atoms with van der Waals surface area (Å²) in [7, 11) is 0. The van der Waals surface area contributed by atoms with Gasteiger partial charge in [-0.25, -0.2) is 4.39 Å². The van der Waals surface area contributed by atoms with E-state index in [1.807, 2.05) is 6.92 Å². The second-order valence-corrected chi connectivity index (χ2v) is 5.46. The lowest BCUT2D eigenvalue weighted by molar-refractivity contribution is 0.0891. The Labute approximate surface area is 114 Å². The lowest BCUT2D eigenvalue weighted by Gasteiger charge is -2.23. The standard InChI is InChI=1S/C16H22FNO/c1-13(12-18-10-6-2-3-7-11-18)16(19)14-8-4-5-9-15(14)17/h4-5,8-9,13H,2-3,6-7,10-12H2,1H3. The topological polar surface area (TPSA) is 20.3 Å². The Morgan fingerprint density at radius 3 is 2.47 bits per heavy atom. The summed E-state index contributed by atoms with van der Waals surface area (Å²) in [5.41, 5.74) is 0.227. The third kappa shape index (κ3) is 3.87. The van der Waals surface area contributed by atoms with Crippen molar-refractivity contribution in [3.63, 3.8) is 0 Å². The van der Waals surface area contributed by atoms with Gasteiger partial charge in [0.25, 0.3) is 0 Å². The maximum Gasteiger partial charge on any atom is 0.169 e. The van der Waals surface area contributed by atoms with E-state index in [4.69, 9.17) is 0 Å². The molecule has 0 aromatic heterocycles. The first-order chi connectivity index (χ1) is 9.18. The Morgan fingerprint density at radius 1 is 1.21 bits per heavy atom. The van der Waals surface area contributed by atoms with Crippen molar-refractivity contribution in [2.75, 3.05) is 19.6 Å². The molecule has 0 radical (unpaired) electrons. The van der Waals surface area contributed by atoms with Crippen LogP contribution in [0, 0.1) is 11.7 Å². The Hall–Kier alpha value is -1.22. The molecule has 0 N–H and O–H groups in total. The first-order valence-corrected chi connectivity index (χ1v) is 7.19. The molecule has 0 aliphatic carbocycles. The molecule has 2 nitrogen and oxygen atoms in total. The predicted octanol–water partition coefficient (Wildman–Crippen LogP) is 3.52. The first kappa shape index (κ1) is 14.2. The number of hydrogen-bond donors (Lipinski definition) is 0. The third-order valence-electron chi connectivity index (χ3n) is 3.82. The zero-order valence-corrected chi connectivity index (χ0v) is 11.6. The van der Waals surface area contributed by atoms with Gasteiger partial charge in [0, 0.05) is 12.5 Å². The molecular formula is C16H22FNO. The van der Waals surface area contributed by atoms with Gasteiger partial charge in [0.2, 0.25) is 0 Å². The van der Waals surface area contributed by atoms with Crippen molar-refractivity contribution in [2.45, 2.75) is 32.6 Å². The number of benzene rings is 1. The molecule has 104 valence electrons. The van der Waals surface area contributed by atoms with Crippen LogP contribution in [0.5, 0.6) is 0 Å². The average molecular weight is 263 g/mol. The number of rotatable bonds is 4.